The molecule has 4 aromatic carbocycles. The molecule has 0 spiro atoms. The van der Waals surface area contributed by atoms with Crippen LogP contribution >= 0.6 is 0 Å². The number of esters is 2. The lowest BCUT2D eigenvalue weighted by molar-refractivity contribution is 0.0497. The first-order valence-corrected chi connectivity index (χ1v) is 12.9. The Balaban J connectivity index is 1.30. The molecule has 0 saturated heterocycles. The fourth-order valence-electron chi connectivity index (χ4n) is 3.81. The number of unbranched alkanes of at least 4 members (excludes halogenated alkanes) is 3. The van der Waals surface area contributed by atoms with Crippen LogP contribution in [0.2, 0.25) is 0 Å². The second kappa shape index (κ2) is 13.6. The zero-order chi connectivity index (χ0) is 26.6. The summed E-state index contributed by atoms with van der Waals surface area (Å²) in [5.41, 5.74) is 4.64. The van der Waals surface area contributed by atoms with Crippen LogP contribution in [0.5, 0.6) is 5.75 Å². The lowest BCUT2D eigenvalue weighted by Crippen LogP contribution is -2.08. The van der Waals surface area contributed by atoms with Crippen molar-refractivity contribution in [1.82, 2.24) is 0 Å². The number of hydrogen-bond donors (Lipinski definition) is 0. The van der Waals surface area contributed by atoms with E-state index in [1.807, 2.05) is 66.7 Å². The second-order valence-electron chi connectivity index (χ2n) is 8.88. The summed E-state index contributed by atoms with van der Waals surface area (Å²) in [7, 11) is 0. The van der Waals surface area contributed by atoms with Crippen molar-refractivity contribution in [3.63, 3.8) is 0 Å². The average Bonchev–Trinajstić information content (AvgIpc) is 2.97. The SMILES string of the molecule is CCCCCCOC(=O)c1ccc(-c2ccc(OC(=O)c3ccc(C#Cc4ccccc4)cc3)cc2)cc1. The smallest absolute Gasteiger partial charge is 0.343 e. The van der Waals surface area contributed by atoms with Crippen molar-refractivity contribution < 1.29 is 19.1 Å². The molecule has 0 N–H and O–H groups in total. The molecule has 38 heavy (non-hydrogen) atoms. The van der Waals surface area contributed by atoms with E-state index in [4.69, 9.17) is 9.47 Å². The van der Waals surface area contributed by atoms with Gasteiger partial charge < -0.3 is 9.47 Å². The maximum absolute atomic E-state index is 12.6. The van der Waals surface area contributed by atoms with E-state index < -0.39 is 5.97 Å². The Morgan fingerprint density at radius 2 is 1.16 bits per heavy atom. The van der Waals surface area contributed by atoms with Crippen LogP contribution in [0.4, 0.5) is 0 Å². The van der Waals surface area contributed by atoms with Crippen LogP contribution in [0.3, 0.4) is 0 Å². The third-order valence-corrected chi connectivity index (χ3v) is 6.00. The highest BCUT2D eigenvalue weighted by molar-refractivity contribution is 5.91. The molecule has 0 saturated carbocycles. The Morgan fingerprint density at radius 3 is 1.79 bits per heavy atom. The van der Waals surface area contributed by atoms with Crippen LogP contribution in [-0.4, -0.2) is 18.5 Å². The number of benzene rings is 4. The number of rotatable bonds is 9. The van der Waals surface area contributed by atoms with Gasteiger partial charge in [-0.2, -0.15) is 0 Å². The van der Waals surface area contributed by atoms with E-state index >= 15 is 0 Å². The van der Waals surface area contributed by atoms with E-state index in [1.165, 1.54) is 0 Å². The lowest BCUT2D eigenvalue weighted by Gasteiger charge is -2.08. The second-order valence-corrected chi connectivity index (χ2v) is 8.88. The molecule has 4 aromatic rings. The quantitative estimate of drug-likeness (QED) is 0.102. The van der Waals surface area contributed by atoms with E-state index in [0.29, 0.717) is 23.5 Å². The molecule has 4 rings (SSSR count). The molecule has 4 nitrogen and oxygen atoms in total. The summed E-state index contributed by atoms with van der Waals surface area (Å²) in [6.07, 6.45) is 4.27. The van der Waals surface area contributed by atoms with Crippen molar-refractivity contribution in [3.05, 3.63) is 125 Å². The number of carbonyl (C=O) groups is 2. The molecule has 0 unspecified atom stereocenters. The predicted molar refractivity (Wildman–Crippen MR) is 150 cm³/mol. The fourth-order valence-corrected chi connectivity index (χ4v) is 3.81. The van der Waals surface area contributed by atoms with Gasteiger partial charge in [-0.3, -0.25) is 0 Å². The van der Waals surface area contributed by atoms with Crippen molar-refractivity contribution in [2.45, 2.75) is 32.6 Å². The van der Waals surface area contributed by atoms with E-state index in [2.05, 4.69) is 18.8 Å². The monoisotopic (exact) mass is 502 g/mol. The highest BCUT2D eigenvalue weighted by Crippen LogP contribution is 2.24. The molecule has 0 radical (unpaired) electrons. The zero-order valence-electron chi connectivity index (χ0n) is 21.5. The van der Waals surface area contributed by atoms with Gasteiger partial charge in [0.1, 0.15) is 5.75 Å². The topological polar surface area (TPSA) is 52.6 Å². The van der Waals surface area contributed by atoms with Gasteiger partial charge in [0.2, 0.25) is 0 Å². The van der Waals surface area contributed by atoms with Gasteiger partial charge in [0.25, 0.3) is 0 Å². The van der Waals surface area contributed by atoms with Gasteiger partial charge in [0, 0.05) is 11.1 Å². The summed E-state index contributed by atoms with van der Waals surface area (Å²) in [5.74, 6) is 5.92. The molecule has 0 atom stereocenters. The summed E-state index contributed by atoms with van der Waals surface area (Å²) in [6.45, 7) is 2.60. The van der Waals surface area contributed by atoms with Gasteiger partial charge in [0.15, 0.2) is 0 Å². The van der Waals surface area contributed by atoms with Crippen molar-refractivity contribution in [1.29, 1.82) is 0 Å². The standard InChI is InChI=1S/C34H30O4/c1-2-3-4-8-25-37-33(35)30-19-17-28(18-20-30)29-21-23-32(24-22-29)38-34(36)31-15-13-27(14-16-31)12-11-26-9-6-5-7-10-26/h5-7,9-10,13-24H,2-4,8,25H2,1H3. The minimum atomic E-state index is -0.433. The minimum Gasteiger partial charge on any atom is -0.462 e. The Morgan fingerprint density at radius 1 is 0.605 bits per heavy atom. The van der Waals surface area contributed by atoms with Gasteiger partial charge in [-0.05, 0) is 78.2 Å². The van der Waals surface area contributed by atoms with Crippen molar-refractivity contribution in [3.8, 4) is 28.7 Å². The van der Waals surface area contributed by atoms with Crippen molar-refractivity contribution in [2.24, 2.45) is 0 Å². The van der Waals surface area contributed by atoms with Crippen LogP contribution in [-0.2, 0) is 4.74 Å². The molecular formula is C34H30O4. The maximum Gasteiger partial charge on any atom is 0.343 e. The normalized spacial score (nSPS) is 10.2. The molecule has 0 aliphatic carbocycles. The molecular weight excluding hydrogens is 472 g/mol. The molecule has 4 heteroatoms. The molecule has 0 fully saturated rings. The first-order chi connectivity index (χ1) is 18.6. The molecule has 0 aliphatic rings. The maximum atomic E-state index is 12.6. The largest absolute Gasteiger partial charge is 0.462 e. The van der Waals surface area contributed by atoms with Gasteiger partial charge in [-0.15, -0.1) is 0 Å². The summed E-state index contributed by atoms with van der Waals surface area (Å²) < 4.78 is 10.9. The number of ether oxygens (including phenoxy) is 2. The van der Waals surface area contributed by atoms with Gasteiger partial charge in [-0.25, -0.2) is 9.59 Å². The third kappa shape index (κ3) is 7.69. The van der Waals surface area contributed by atoms with E-state index in [1.54, 1.807) is 36.4 Å². The van der Waals surface area contributed by atoms with E-state index in [-0.39, 0.29) is 5.97 Å². The molecule has 0 aliphatic heterocycles. The van der Waals surface area contributed by atoms with Crippen molar-refractivity contribution in [2.75, 3.05) is 6.61 Å². The number of hydrogen-bond acceptors (Lipinski definition) is 4. The highest BCUT2D eigenvalue weighted by Gasteiger charge is 2.10. The van der Waals surface area contributed by atoms with Gasteiger partial charge in [-0.1, -0.05) is 80.5 Å². The van der Waals surface area contributed by atoms with E-state index in [0.717, 1.165) is 47.9 Å². The highest BCUT2D eigenvalue weighted by atomic mass is 16.5. The minimum absolute atomic E-state index is 0.299. The summed E-state index contributed by atoms with van der Waals surface area (Å²) in [4.78, 5) is 24.8. The summed E-state index contributed by atoms with van der Waals surface area (Å²) >= 11 is 0. The van der Waals surface area contributed by atoms with E-state index in [9.17, 15) is 9.59 Å². The summed E-state index contributed by atoms with van der Waals surface area (Å²) in [5, 5.41) is 0. The fraction of sp³-hybridized carbons (Fsp3) is 0.176. The van der Waals surface area contributed by atoms with Crippen molar-refractivity contribution >= 4 is 11.9 Å². The number of carbonyl (C=O) groups excluding carboxylic acids is 2. The molecule has 0 heterocycles. The molecule has 0 bridgehead atoms. The first-order valence-electron chi connectivity index (χ1n) is 12.9. The molecule has 190 valence electrons. The Kier molecular flexibility index (Phi) is 9.48. The van der Waals surface area contributed by atoms with Gasteiger partial charge >= 0.3 is 11.9 Å². The first kappa shape index (κ1) is 26.4. The Labute approximate surface area is 224 Å². The van der Waals surface area contributed by atoms with Crippen LogP contribution < -0.4 is 4.74 Å². The third-order valence-electron chi connectivity index (χ3n) is 6.00. The summed E-state index contributed by atoms with van der Waals surface area (Å²) in [6, 6.07) is 31.4. The molecule has 0 aromatic heterocycles. The predicted octanol–water partition coefficient (Wildman–Crippen LogP) is 7.71. The Hall–Kier alpha value is -4.62. The van der Waals surface area contributed by atoms with Gasteiger partial charge in [0.05, 0.1) is 17.7 Å². The van der Waals surface area contributed by atoms with Crippen LogP contribution in [0.15, 0.2) is 103 Å². The van der Waals surface area contributed by atoms with Crippen LogP contribution in [0, 0.1) is 11.8 Å². The lowest BCUT2D eigenvalue weighted by atomic mass is 10.0. The molecule has 0 amide bonds. The van der Waals surface area contributed by atoms with Crippen LogP contribution in [0.25, 0.3) is 11.1 Å². The Bertz CT molecular complexity index is 1390. The van der Waals surface area contributed by atoms with Crippen LogP contribution in [0.1, 0.15) is 64.4 Å². The average molecular weight is 503 g/mol. The zero-order valence-corrected chi connectivity index (χ0v) is 21.5.